The Balaban J connectivity index is 1.74. The molecule has 1 aliphatic rings. The maximum absolute atomic E-state index is 13.3. The molecule has 1 aliphatic heterocycles. The second-order valence-corrected chi connectivity index (χ2v) is 10.5. The number of anilines is 2. The van der Waals surface area contributed by atoms with Gasteiger partial charge >= 0.3 is 0 Å². The van der Waals surface area contributed by atoms with Gasteiger partial charge in [0.15, 0.2) is 5.65 Å². The summed E-state index contributed by atoms with van der Waals surface area (Å²) < 4.78 is 3.27. The highest BCUT2D eigenvalue weighted by atomic mass is 16.1. The van der Waals surface area contributed by atoms with Gasteiger partial charge in [-0.15, -0.1) is 6.58 Å². The zero-order valence-electron chi connectivity index (χ0n) is 23.6. The molecule has 0 radical (unpaired) electrons. The highest BCUT2D eigenvalue weighted by molar-refractivity contribution is 5.81. The summed E-state index contributed by atoms with van der Waals surface area (Å²) in [6.45, 7) is 12.6. The molecule has 0 spiro atoms. The summed E-state index contributed by atoms with van der Waals surface area (Å²) in [5, 5.41) is 3.71. The first kappa shape index (κ1) is 28.0. The molecule has 0 unspecified atom stereocenters. The summed E-state index contributed by atoms with van der Waals surface area (Å²) >= 11 is 0. The minimum atomic E-state index is -0.229. The van der Waals surface area contributed by atoms with Crippen LogP contribution in [0.15, 0.2) is 60.2 Å². The molecule has 3 heterocycles. The molecule has 206 valence electrons. The van der Waals surface area contributed by atoms with Crippen LogP contribution in [0.5, 0.6) is 0 Å². The number of aldehydes is 1. The summed E-state index contributed by atoms with van der Waals surface area (Å²) in [6, 6.07) is 6.61. The van der Waals surface area contributed by atoms with E-state index in [-0.39, 0.29) is 18.1 Å². The maximum Gasteiger partial charge on any atom is 0.278 e. The smallest absolute Gasteiger partial charge is 0.278 e. The quantitative estimate of drug-likeness (QED) is 0.179. The predicted octanol–water partition coefficient (Wildman–Crippen LogP) is 4.53. The number of hydrogen-bond donors (Lipinski definition) is 1. The maximum atomic E-state index is 13.3. The number of likely N-dealkylation sites (tertiary alicyclic amines) is 1. The van der Waals surface area contributed by atoms with Crippen LogP contribution in [0.25, 0.3) is 16.7 Å². The van der Waals surface area contributed by atoms with Crippen molar-refractivity contribution in [3.05, 3.63) is 76.9 Å². The molecule has 1 saturated heterocycles. The second kappa shape index (κ2) is 12.3. The van der Waals surface area contributed by atoms with Gasteiger partial charge in [0, 0.05) is 31.2 Å². The minimum absolute atomic E-state index is 0.207. The number of allylic oxidation sites excluding steroid dienone is 4. The van der Waals surface area contributed by atoms with Crippen molar-refractivity contribution in [3.63, 3.8) is 0 Å². The van der Waals surface area contributed by atoms with Crippen LogP contribution in [0.1, 0.15) is 43.7 Å². The van der Waals surface area contributed by atoms with Crippen LogP contribution >= 0.6 is 0 Å². The number of nitrogens with zero attached hydrogens (tertiary/aromatic N) is 6. The van der Waals surface area contributed by atoms with Gasteiger partial charge in [-0.1, -0.05) is 12.1 Å². The monoisotopic (exact) mass is 529 g/mol. The van der Waals surface area contributed by atoms with E-state index in [0.717, 1.165) is 18.8 Å². The lowest BCUT2D eigenvalue weighted by atomic mass is 9.87. The van der Waals surface area contributed by atoms with Gasteiger partial charge in [-0.05, 0) is 95.1 Å². The van der Waals surface area contributed by atoms with E-state index in [4.69, 9.17) is 4.98 Å². The number of piperidine rings is 1. The average Bonchev–Trinajstić information content (AvgIpc) is 3.18. The fourth-order valence-electron chi connectivity index (χ4n) is 4.96. The molecule has 9 nitrogen and oxygen atoms in total. The zero-order valence-corrected chi connectivity index (χ0v) is 23.6. The molecule has 2 aromatic heterocycles. The standard InChI is InChI=1S/C30H39N7O2/c1-7-14-36-29(39)27-19-31-30(33-28(27)37(36)25(9-8-17-38)20-35(6)21(2)3)32-24-10-11-26(22(4)18-24)23-12-15-34(5)16-13-23/h7-11,17-21,23H,1,12-16H2,2-6H3,(H,31,32,33)/b9-8-,25-20+. The van der Waals surface area contributed by atoms with Gasteiger partial charge in [0.05, 0.1) is 12.2 Å². The van der Waals surface area contributed by atoms with E-state index in [2.05, 4.69) is 67.8 Å². The Labute approximate surface area is 230 Å². The van der Waals surface area contributed by atoms with Crippen molar-refractivity contribution in [2.45, 2.75) is 52.1 Å². The molecule has 0 saturated carbocycles. The zero-order chi connectivity index (χ0) is 28.1. The van der Waals surface area contributed by atoms with Crippen LogP contribution in [0.4, 0.5) is 11.6 Å². The Hall–Kier alpha value is -3.98. The molecule has 4 rings (SSSR count). The van der Waals surface area contributed by atoms with E-state index in [9.17, 15) is 9.59 Å². The first-order valence-corrected chi connectivity index (χ1v) is 13.4. The van der Waals surface area contributed by atoms with E-state index in [0.29, 0.717) is 34.9 Å². The van der Waals surface area contributed by atoms with Gasteiger partial charge < -0.3 is 15.1 Å². The van der Waals surface area contributed by atoms with Crippen molar-refractivity contribution in [1.29, 1.82) is 0 Å². The van der Waals surface area contributed by atoms with E-state index in [1.54, 1.807) is 27.7 Å². The Morgan fingerprint density at radius 1 is 1.28 bits per heavy atom. The lowest BCUT2D eigenvalue weighted by Crippen LogP contribution is -2.29. The van der Waals surface area contributed by atoms with Gasteiger partial charge in [0.1, 0.15) is 11.7 Å². The Bertz CT molecular complexity index is 1460. The molecule has 0 amide bonds. The van der Waals surface area contributed by atoms with Crippen LogP contribution in [-0.2, 0) is 11.3 Å². The van der Waals surface area contributed by atoms with Crippen molar-refractivity contribution >= 4 is 34.7 Å². The van der Waals surface area contributed by atoms with E-state index in [1.165, 1.54) is 30.0 Å². The summed E-state index contributed by atoms with van der Waals surface area (Å²) in [5.41, 5.74) is 4.36. The fourth-order valence-corrected chi connectivity index (χ4v) is 4.96. The molecule has 3 aromatic rings. The second-order valence-electron chi connectivity index (χ2n) is 10.5. The SMILES string of the molecule is C=CCn1c(=O)c2cnc(Nc3ccc(C4CCN(C)CC4)c(C)c3)nc2n1C(/C=C\C=O)=C/N(C)C(C)C. The molecule has 9 heteroatoms. The van der Waals surface area contributed by atoms with Crippen LogP contribution in [0, 0.1) is 6.92 Å². The number of aromatic nitrogens is 4. The first-order chi connectivity index (χ1) is 18.7. The molecule has 1 N–H and O–H groups in total. The number of fused-ring (bicyclic) bond motifs is 1. The highest BCUT2D eigenvalue weighted by Gasteiger charge is 2.21. The minimum Gasteiger partial charge on any atom is -0.376 e. The average molecular weight is 530 g/mol. The van der Waals surface area contributed by atoms with Crippen molar-refractivity contribution in [2.75, 3.05) is 32.5 Å². The van der Waals surface area contributed by atoms with Crippen molar-refractivity contribution in [1.82, 2.24) is 29.1 Å². The van der Waals surface area contributed by atoms with Gasteiger partial charge in [0.25, 0.3) is 5.56 Å². The lowest BCUT2D eigenvalue weighted by Gasteiger charge is -2.30. The number of carbonyl (C=O) groups excluding carboxylic acids is 1. The third kappa shape index (κ3) is 6.20. The lowest BCUT2D eigenvalue weighted by molar-refractivity contribution is -0.104. The van der Waals surface area contributed by atoms with Crippen LogP contribution in [-0.4, -0.2) is 68.6 Å². The van der Waals surface area contributed by atoms with Crippen LogP contribution in [0.3, 0.4) is 0 Å². The molecule has 0 aliphatic carbocycles. The third-order valence-electron chi connectivity index (χ3n) is 7.40. The van der Waals surface area contributed by atoms with Crippen LogP contribution in [0.2, 0.25) is 0 Å². The third-order valence-corrected chi connectivity index (χ3v) is 7.40. The number of benzene rings is 1. The molecule has 0 atom stereocenters. The summed E-state index contributed by atoms with van der Waals surface area (Å²) in [7, 11) is 4.12. The van der Waals surface area contributed by atoms with Crippen molar-refractivity contribution in [3.8, 4) is 0 Å². The first-order valence-electron chi connectivity index (χ1n) is 13.4. The number of rotatable bonds is 10. The van der Waals surface area contributed by atoms with Gasteiger partial charge in [0.2, 0.25) is 5.95 Å². The molecule has 1 aromatic carbocycles. The summed E-state index contributed by atoms with van der Waals surface area (Å²) in [4.78, 5) is 38.1. The molecule has 39 heavy (non-hydrogen) atoms. The normalized spacial score (nSPS) is 15.4. The number of aryl methyl sites for hydroxylation is 1. The van der Waals surface area contributed by atoms with E-state index < -0.39 is 0 Å². The largest absolute Gasteiger partial charge is 0.376 e. The Kier molecular flexibility index (Phi) is 8.81. The molecule has 0 bridgehead atoms. The number of hydrogen-bond acceptors (Lipinski definition) is 7. The van der Waals surface area contributed by atoms with Gasteiger partial charge in [-0.2, -0.15) is 4.98 Å². The molecule has 1 fully saturated rings. The van der Waals surface area contributed by atoms with Gasteiger partial charge in [-0.3, -0.25) is 9.59 Å². The van der Waals surface area contributed by atoms with Crippen molar-refractivity contribution in [2.24, 2.45) is 0 Å². The van der Waals surface area contributed by atoms with E-state index in [1.807, 2.05) is 18.1 Å². The summed E-state index contributed by atoms with van der Waals surface area (Å²) in [6.07, 6.45) is 11.2. The Morgan fingerprint density at radius 3 is 2.67 bits per heavy atom. The topological polar surface area (TPSA) is 88.3 Å². The Morgan fingerprint density at radius 2 is 2.03 bits per heavy atom. The van der Waals surface area contributed by atoms with Gasteiger partial charge in [-0.25, -0.2) is 14.3 Å². The van der Waals surface area contributed by atoms with E-state index >= 15 is 0 Å². The number of carbonyl (C=O) groups is 1. The van der Waals surface area contributed by atoms with Crippen LogP contribution < -0.4 is 10.9 Å². The van der Waals surface area contributed by atoms with Crippen molar-refractivity contribution < 1.29 is 4.79 Å². The highest BCUT2D eigenvalue weighted by Crippen LogP contribution is 2.31. The number of nitrogens with one attached hydrogen (secondary N) is 1. The predicted molar refractivity (Wildman–Crippen MR) is 158 cm³/mol. The molecular weight excluding hydrogens is 490 g/mol. The summed E-state index contributed by atoms with van der Waals surface area (Å²) in [5.74, 6) is 0.963. The fraction of sp³-hybridized carbons (Fsp3) is 0.400. The molecular formula is C30H39N7O2.